The van der Waals surface area contributed by atoms with Crippen molar-refractivity contribution in [1.29, 1.82) is 0 Å². The van der Waals surface area contributed by atoms with E-state index in [1.165, 1.54) is 16.7 Å². The van der Waals surface area contributed by atoms with E-state index < -0.39 is 0 Å². The van der Waals surface area contributed by atoms with Crippen molar-refractivity contribution < 1.29 is 4.42 Å². The van der Waals surface area contributed by atoms with E-state index >= 15 is 0 Å². The molecule has 0 fully saturated rings. The van der Waals surface area contributed by atoms with E-state index in [4.69, 9.17) is 4.42 Å². The molecule has 2 aromatic heterocycles. The fraction of sp³-hybridized carbons (Fsp3) is 0.300. The Morgan fingerprint density at radius 2 is 2.12 bits per heavy atom. The molecule has 1 aromatic carbocycles. The third-order valence-corrected chi connectivity index (χ3v) is 4.88. The van der Waals surface area contributed by atoms with Crippen LogP contribution < -0.4 is 5.56 Å². The second-order valence-corrected chi connectivity index (χ2v) is 6.70. The number of aryl methyl sites for hydroxylation is 2. The minimum absolute atomic E-state index is 0.0683. The number of aromatic amines is 1. The molecule has 0 unspecified atom stereocenters. The number of fused-ring (bicyclic) bond motifs is 1. The van der Waals surface area contributed by atoms with Gasteiger partial charge in [-0.15, -0.1) is 0 Å². The summed E-state index contributed by atoms with van der Waals surface area (Å²) in [5, 5.41) is 0. The van der Waals surface area contributed by atoms with Gasteiger partial charge in [-0.3, -0.25) is 9.69 Å². The first-order valence-corrected chi connectivity index (χ1v) is 8.54. The van der Waals surface area contributed by atoms with Crippen molar-refractivity contribution in [3.63, 3.8) is 0 Å². The average Bonchev–Trinajstić information content (AvgIpc) is 3.13. The maximum absolute atomic E-state index is 12.5. The van der Waals surface area contributed by atoms with Gasteiger partial charge in [0.1, 0.15) is 0 Å². The third kappa shape index (κ3) is 3.15. The van der Waals surface area contributed by atoms with Crippen molar-refractivity contribution >= 4 is 0 Å². The van der Waals surface area contributed by atoms with Crippen LogP contribution in [0.5, 0.6) is 0 Å². The van der Waals surface area contributed by atoms with E-state index in [1.807, 2.05) is 0 Å². The molecule has 0 bridgehead atoms. The predicted molar refractivity (Wildman–Crippen MR) is 96.3 cm³/mol. The van der Waals surface area contributed by atoms with Crippen LogP contribution in [-0.4, -0.2) is 21.4 Å². The number of hydrogen-bond donors (Lipinski definition) is 1. The van der Waals surface area contributed by atoms with Gasteiger partial charge in [-0.05, 0) is 42.7 Å². The Morgan fingerprint density at radius 1 is 1.24 bits per heavy atom. The molecule has 0 saturated heterocycles. The van der Waals surface area contributed by atoms with Crippen LogP contribution in [0.4, 0.5) is 0 Å². The van der Waals surface area contributed by atoms with Crippen LogP contribution in [0.2, 0.25) is 0 Å². The lowest BCUT2D eigenvalue weighted by atomic mass is 10.0. The van der Waals surface area contributed by atoms with Crippen molar-refractivity contribution in [2.24, 2.45) is 0 Å². The second-order valence-electron chi connectivity index (χ2n) is 6.70. The average molecular weight is 335 g/mol. The normalized spacial score (nSPS) is 14.5. The summed E-state index contributed by atoms with van der Waals surface area (Å²) >= 11 is 0. The van der Waals surface area contributed by atoms with Crippen LogP contribution in [0.25, 0.3) is 11.6 Å². The topological polar surface area (TPSA) is 62.1 Å². The lowest BCUT2D eigenvalue weighted by Crippen LogP contribution is -2.35. The summed E-state index contributed by atoms with van der Waals surface area (Å²) in [6.07, 6.45) is 2.36. The van der Waals surface area contributed by atoms with Crippen molar-refractivity contribution in [3.05, 3.63) is 74.9 Å². The Labute approximate surface area is 146 Å². The zero-order valence-electron chi connectivity index (χ0n) is 14.5. The van der Waals surface area contributed by atoms with Gasteiger partial charge in [0.25, 0.3) is 5.56 Å². The van der Waals surface area contributed by atoms with E-state index in [-0.39, 0.29) is 5.56 Å². The van der Waals surface area contributed by atoms with Gasteiger partial charge in [-0.2, -0.15) is 0 Å². The maximum atomic E-state index is 12.5. The van der Waals surface area contributed by atoms with Crippen molar-refractivity contribution in [2.75, 3.05) is 6.54 Å². The fourth-order valence-corrected chi connectivity index (χ4v) is 3.31. The minimum atomic E-state index is -0.0683. The summed E-state index contributed by atoms with van der Waals surface area (Å²) in [6, 6.07) is 10.2. The molecule has 0 aliphatic carbocycles. The van der Waals surface area contributed by atoms with E-state index in [0.29, 0.717) is 18.1 Å². The Kier molecular flexibility index (Phi) is 4.01. The SMILES string of the molecule is Cc1ccc(CN2CCc3nc(-c4ccco4)[nH]c(=O)c3C2)cc1C. The van der Waals surface area contributed by atoms with Crippen LogP contribution in [0.1, 0.15) is 27.9 Å². The number of benzene rings is 1. The van der Waals surface area contributed by atoms with Gasteiger partial charge in [0, 0.05) is 26.1 Å². The predicted octanol–water partition coefficient (Wildman–Crippen LogP) is 3.21. The lowest BCUT2D eigenvalue weighted by molar-refractivity contribution is 0.241. The Morgan fingerprint density at radius 3 is 2.88 bits per heavy atom. The largest absolute Gasteiger partial charge is 0.461 e. The van der Waals surface area contributed by atoms with Crippen LogP contribution in [-0.2, 0) is 19.5 Å². The van der Waals surface area contributed by atoms with E-state index in [0.717, 1.165) is 30.8 Å². The molecule has 1 aliphatic rings. The van der Waals surface area contributed by atoms with Gasteiger partial charge >= 0.3 is 0 Å². The Hall–Kier alpha value is -2.66. The quantitative estimate of drug-likeness (QED) is 0.798. The Balaban J connectivity index is 1.57. The molecule has 0 radical (unpaired) electrons. The zero-order valence-corrected chi connectivity index (χ0v) is 14.5. The molecule has 0 amide bonds. The summed E-state index contributed by atoms with van der Waals surface area (Å²) in [5.41, 5.74) is 5.47. The van der Waals surface area contributed by atoms with Gasteiger partial charge < -0.3 is 9.40 Å². The molecule has 0 saturated carbocycles. The van der Waals surface area contributed by atoms with Gasteiger partial charge in [0.2, 0.25) is 0 Å². The maximum Gasteiger partial charge on any atom is 0.256 e. The molecule has 3 heterocycles. The molecule has 128 valence electrons. The first-order valence-electron chi connectivity index (χ1n) is 8.54. The molecule has 1 aliphatic heterocycles. The summed E-state index contributed by atoms with van der Waals surface area (Å²) < 4.78 is 5.34. The number of furan rings is 1. The number of H-pyrrole nitrogens is 1. The van der Waals surface area contributed by atoms with Crippen molar-refractivity contribution in [2.45, 2.75) is 33.4 Å². The molecular formula is C20H21N3O2. The summed E-state index contributed by atoms with van der Waals surface area (Å²) in [4.78, 5) is 22.3. The summed E-state index contributed by atoms with van der Waals surface area (Å²) in [5.74, 6) is 1.11. The fourth-order valence-electron chi connectivity index (χ4n) is 3.31. The zero-order chi connectivity index (χ0) is 17.4. The third-order valence-electron chi connectivity index (χ3n) is 4.88. The highest BCUT2D eigenvalue weighted by molar-refractivity contribution is 5.47. The number of aromatic nitrogens is 2. The van der Waals surface area contributed by atoms with E-state index in [2.05, 4.69) is 46.9 Å². The lowest BCUT2D eigenvalue weighted by Gasteiger charge is -2.27. The molecule has 4 rings (SSSR count). The first kappa shape index (κ1) is 15.8. The molecule has 5 heteroatoms. The van der Waals surface area contributed by atoms with Crippen LogP contribution >= 0.6 is 0 Å². The Bertz CT molecular complexity index is 958. The highest BCUT2D eigenvalue weighted by atomic mass is 16.3. The van der Waals surface area contributed by atoms with Crippen molar-refractivity contribution in [1.82, 2.24) is 14.9 Å². The number of rotatable bonds is 3. The number of nitrogens with one attached hydrogen (secondary N) is 1. The molecule has 5 nitrogen and oxygen atoms in total. The monoisotopic (exact) mass is 335 g/mol. The van der Waals surface area contributed by atoms with Crippen LogP contribution in [0, 0.1) is 13.8 Å². The molecule has 0 spiro atoms. The first-order chi connectivity index (χ1) is 12.1. The molecule has 1 N–H and O–H groups in total. The highest BCUT2D eigenvalue weighted by Crippen LogP contribution is 2.20. The van der Waals surface area contributed by atoms with Gasteiger partial charge in [0.05, 0.1) is 17.5 Å². The molecular weight excluding hydrogens is 314 g/mol. The van der Waals surface area contributed by atoms with E-state index in [9.17, 15) is 4.79 Å². The molecule has 3 aromatic rings. The van der Waals surface area contributed by atoms with Gasteiger partial charge in [-0.25, -0.2) is 4.98 Å². The van der Waals surface area contributed by atoms with Gasteiger partial charge in [0.15, 0.2) is 11.6 Å². The van der Waals surface area contributed by atoms with Crippen LogP contribution in [0.3, 0.4) is 0 Å². The van der Waals surface area contributed by atoms with Crippen molar-refractivity contribution in [3.8, 4) is 11.6 Å². The molecule has 0 atom stereocenters. The second kappa shape index (κ2) is 6.33. The molecule has 25 heavy (non-hydrogen) atoms. The standard InChI is InChI=1S/C20H21N3O2/c1-13-5-6-15(10-14(13)2)11-23-8-7-17-16(12-23)20(24)22-19(21-17)18-4-3-9-25-18/h3-6,9-10H,7-8,11-12H2,1-2H3,(H,21,22,24). The van der Waals surface area contributed by atoms with E-state index in [1.54, 1.807) is 18.4 Å². The van der Waals surface area contributed by atoms with Gasteiger partial charge in [-0.1, -0.05) is 18.2 Å². The highest BCUT2D eigenvalue weighted by Gasteiger charge is 2.22. The number of hydrogen-bond acceptors (Lipinski definition) is 4. The summed E-state index contributed by atoms with van der Waals surface area (Å²) in [6.45, 7) is 6.63. The van der Waals surface area contributed by atoms with Crippen LogP contribution in [0.15, 0.2) is 45.8 Å². The number of nitrogens with zero attached hydrogens (tertiary/aromatic N) is 2. The minimum Gasteiger partial charge on any atom is -0.461 e. The summed E-state index contributed by atoms with van der Waals surface area (Å²) in [7, 11) is 0. The smallest absolute Gasteiger partial charge is 0.256 e.